The molecule has 154 valence electrons. The number of nitrogens with one attached hydrogen (secondary N) is 2. The van der Waals surface area contributed by atoms with Crippen LogP contribution < -0.4 is 15.4 Å². The van der Waals surface area contributed by atoms with Gasteiger partial charge in [-0.15, -0.1) is 0 Å². The molecule has 3 rings (SSSR count). The SMILES string of the molecule is COc1ccccc1NC(=O)C(=O)NCc1ccc(S(=O)(=O)N2CCCC2)cc1. The number of hydrogen-bond donors (Lipinski definition) is 2. The van der Waals surface area contributed by atoms with Gasteiger partial charge in [0.15, 0.2) is 0 Å². The van der Waals surface area contributed by atoms with Crippen LogP contribution in [0.4, 0.5) is 5.69 Å². The summed E-state index contributed by atoms with van der Waals surface area (Å²) in [5.74, 6) is -1.17. The maximum absolute atomic E-state index is 12.5. The minimum atomic E-state index is -3.47. The van der Waals surface area contributed by atoms with Crippen molar-refractivity contribution in [3.63, 3.8) is 0 Å². The number of sulfonamides is 1. The minimum absolute atomic E-state index is 0.0994. The summed E-state index contributed by atoms with van der Waals surface area (Å²) >= 11 is 0. The first-order valence-electron chi connectivity index (χ1n) is 9.23. The Labute approximate surface area is 169 Å². The Hall–Kier alpha value is -2.91. The largest absolute Gasteiger partial charge is 0.495 e. The molecule has 0 saturated carbocycles. The molecule has 1 heterocycles. The van der Waals surface area contributed by atoms with E-state index < -0.39 is 21.8 Å². The summed E-state index contributed by atoms with van der Waals surface area (Å²) in [6, 6.07) is 13.1. The van der Waals surface area contributed by atoms with Gasteiger partial charge in [-0.3, -0.25) is 9.59 Å². The third-order valence-corrected chi connectivity index (χ3v) is 6.55. The fourth-order valence-electron chi connectivity index (χ4n) is 3.05. The molecule has 9 heteroatoms. The van der Waals surface area contributed by atoms with Crippen LogP contribution in [0.1, 0.15) is 18.4 Å². The topological polar surface area (TPSA) is 105 Å². The number of carbonyl (C=O) groups excluding carboxylic acids is 2. The molecule has 0 aromatic heterocycles. The number of carbonyl (C=O) groups is 2. The summed E-state index contributed by atoms with van der Waals surface area (Å²) in [5, 5.41) is 5.02. The highest BCUT2D eigenvalue weighted by Crippen LogP contribution is 2.23. The molecule has 2 N–H and O–H groups in total. The third kappa shape index (κ3) is 4.93. The summed E-state index contributed by atoms with van der Waals surface area (Å²) in [7, 11) is -2.00. The van der Waals surface area contributed by atoms with Crippen LogP contribution in [0, 0.1) is 0 Å². The molecule has 0 unspecified atom stereocenters. The predicted molar refractivity (Wildman–Crippen MR) is 108 cm³/mol. The Morgan fingerprint density at radius 1 is 1.00 bits per heavy atom. The second kappa shape index (κ2) is 9.06. The first-order chi connectivity index (χ1) is 13.9. The van der Waals surface area contributed by atoms with Crippen molar-refractivity contribution >= 4 is 27.5 Å². The zero-order valence-electron chi connectivity index (χ0n) is 16.1. The van der Waals surface area contributed by atoms with Gasteiger partial charge >= 0.3 is 11.8 Å². The van der Waals surface area contributed by atoms with Gasteiger partial charge in [0.2, 0.25) is 10.0 Å². The fourth-order valence-corrected chi connectivity index (χ4v) is 4.56. The lowest BCUT2D eigenvalue weighted by Gasteiger charge is -2.15. The first-order valence-corrected chi connectivity index (χ1v) is 10.7. The maximum Gasteiger partial charge on any atom is 0.313 e. The van der Waals surface area contributed by atoms with E-state index in [-0.39, 0.29) is 11.4 Å². The van der Waals surface area contributed by atoms with Crippen LogP contribution in [0.2, 0.25) is 0 Å². The van der Waals surface area contributed by atoms with E-state index in [0.717, 1.165) is 12.8 Å². The lowest BCUT2D eigenvalue weighted by Crippen LogP contribution is -2.35. The molecule has 1 aliphatic rings. The highest BCUT2D eigenvalue weighted by atomic mass is 32.2. The number of hydrogen-bond acceptors (Lipinski definition) is 5. The van der Waals surface area contributed by atoms with Gasteiger partial charge in [-0.2, -0.15) is 4.31 Å². The lowest BCUT2D eigenvalue weighted by molar-refractivity contribution is -0.136. The molecule has 0 spiro atoms. The molecule has 1 aliphatic heterocycles. The summed E-state index contributed by atoms with van der Waals surface area (Å²) < 4.78 is 31.7. The predicted octanol–water partition coefficient (Wildman–Crippen LogP) is 1.73. The summed E-state index contributed by atoms with van der Waals surface area (Å²) in [6.07, 6.45) is 1.75. The van der Waals surface area contributed by atoms with Crippen LogP contribution in [0.3, 0.4) is 0 Å². The monoisotopic (exact) mass is 417 g/mol. The van der Waals surface area contributed by atoms with Crippen LogP contribution in [-0.2, 0) is 26.2 Å². The average Bonchev–Trinajstić information content (AvgIpc) is 3.28. The van der Waals surface area contributed by atoms with E-state index in [0.29, 0.717) is 30.1 Å². The maximum atomic E-state index is 12.5. The standard InChI is InChI=1S/C20H23N3O5S/c1-28-18-7-3-2-6-17(18)22-20(25)19(24)21-14-15-8-10-16(11-9-15)29(26,27)23-12-4-5-13-23/h2-3,6-11H,4-5,12-14H2,1H3,(H,21,24)(H,22,25). The molecule has 2 aromatic carbocycles. The molecule has 29 heavy (non-hydrogen) atoms. The van der Waals surface area contributed by atoms with Crippen LogP contribution in [-0.4, -0.2) is 44.7 Å². The molecule has 1 saturated heterocycles. The van der Waals surface area contributed by atoms with Crippen molar-refractivity contribution in [2.24, 2.45) is 0 Å². The van der Waals surface area contributed by atoms with Gasteiger partial charge in [-0.1, -0.05) is 24.3 Å². The highest BCUT2D eigenvalue weighted by Gasteiger charge is 2.26. The second-order valence-electron chi connectivity index (χ2n) is 6.59. The molecular formula is C20H23N3O5S. The molecule has 2 amide bonds. The normalized spacial score (nSPS) is 14.4. The molecule has 2 aromatic rings. The van der Waals surface area contributed by atoms with E-state index >= 15 is 0 Å². The van der Waals surface area contributed by atoms with E-state index in [2.05, 4.69) is 10.6 Å². The third-order valence-electron chi connectivity index (χ3n) is 4.64. The molecule has 1 fully saturated rings. The quantitative estimate of drug-likeness (QED) is 0.697. The number of benzene rings is 2. The number of methoxy groups -OCH3 is 1. The van der Waals surface area contributed by atoms with E-state index in [1.807, 2.05) is 0 Å². The summed E-state index contributed by atoms with van der Waals surface area (Å²) in [5.41, 5.74) is 1.08. The van der Waals surface area contributed by atoms with Gasteiger partial charge in [-0.25, -0.2) is 8.42 Å². The number of para-hydroxylation sites is 2. The van der Waals surface area contributed by atoms with E-state index in [1.165, 1.54) is 23.5 Å². The van der Waals surface area contributed by atoms with Crippen molar-refractivity contribution in [1.29, 1.82) is 0 Å². The fraction of sp³-hybridized carbons (Fsp3) is 0.300. The molecule has 0 radical (unpaired) electrons. The smallest absolute Gasteiger partial charge is 0.313 e. The lowest BCUT2D eigenvalue weighted by atomic mass is 10.2. The Balaban J connectivity index is 1.57. The minimum Gasteiger partial charge on any atom is -0.495 e. The van der Waals surface area contributed by atoms with Gasteiger partial charge in [0, 0.05) is 19.6 Å². The van der Waals surface area contributed by atoms with E-state index in [4.69, 9.17) is 4.74 Å². The molecular weight excluding hydrogens is 394 g/mol. The van der Waals surface area contributed by atoms with Gasteiger partial charge in [0.05, 0.1) is 17.7 Å². The van der Waals surface area contributed by atoms with Gasteiger partial charge in [0.1, 0.15) is 5.75 Å². The van der Waals surface area contributed by atoms with Gasteiger partial charge < -0.3 is 15.4 Å². The van der Waals surface area contributed by atoms with Crippen LogP contribution in [0.5, 0.6) is 5.75 Å². The average molecular weight is 417 g/mol. The van der Waals surface area contributed by atoms with Crippen molar-refractivity contribution in [2.45, 2.75) is 24.3 Å². The van der Waals surface area contributed by atoms with E-state index in [9.17, 15) is 18.0 Å². The first kappa shape index (κ1) is 20.8. The highest BCUT2D eigenvalue weighted by molar-refractivity contribution is 7.89. The van der Waals surface area contributed by atoms with Crippen LogP contribution >= 0.6 is 0 Å². The van der Waals surface area contributed by atoms with Crippen molar-refractivity contribution in [3.05, 3.63) is 54.1 Å². The number of amides is 2. The number of anilines is 1. The van der Waals surface area contributed by atoms with Crippen molar-refractivity contribution in [1.82, 2.24) is 9.62 Å². The summed E-state index contributed by atoms with van der Waals surface area (Å²) in [4.78, 5) is 24.4. The van der Waals surface area contributed by atoms with E-state index in [1.54, 1.807) is 36.4 Å². The van der Waals surface area contributed by atoms with Crippen molar-refractivity contribution in [2.75, 3.05) is 25.5 Å². The van der Waals surface area contributed by atoms with Crippen molar-refractivity contribution in [3.8, 4) is 5.75 Å². The zero-order chi connectivity index (χ0) is 20.9. The Morgan fingerprint density at radius 2 is 1.66 bits per heavy atom. The zero-order valence-corrected chi connectivity index (χ0v) is 16.9. The number of ether oxygens (including phenoxy) is 1. The summed E-state index contributed by atoms with van der Waals surface area (Å²) in [6.45, 7) is 1.19. The second-order valence-corrected chi connectivity index (χ2v) is 8.53. The number of nitrogens with zero attached hydrogens (tertiary/aromatic N) is 1. The van der Waals surface area contributed by atoms with Crippen molar-refractivity contribution < 1.29 is 22.7 Å². The van der Waals surface area contributed by atoms with Crippen LogP contribution in [0.15, 0.2) is 53.4 Å². The van der Waals surface area contributed by atoms with Crippen LogP contribution in [0.25, 0.3) is 0 Å². The number of rotatable bonds is 6. The van der Waals surface area contributed by atoms with Gasteiger partial charge in [-0.05, 0) is 42.7 Å². The Morgan fingerprint density at radius 3 is 2.31 bits per heavy atom. The Bertz CT molecular complexity index is 983. The van der Waals surface area contributed by atoms with Gasteiger partial charge in [0.25, 0.3) is 0 Å². The molecule has 8 nitrogen and oxygen atoms in total. The Kier molecular flexibility index (Phi) is 6.50. The molecule has 0 bridgehead atoms. The molecule has 0 atom stereocenters. The molecule has 0 aliphatic carbocycles.